The number of benzene rings is 2. The maximum Gasteiger partial charge on any atom is 0.408 e. The van der Waals surface area contributed by atoms with Crippen LogP contribution in [0.1, 0.15) is 89.0 Å². The van der Waals surface area contributed by atoms with Crippen LogP contribution in [0.15, 0.2) is 48.5 Å². The quantitative estimate of drug-likeness (QED) is 0.190. The van der Waals surface area contributed by atoms with Gasteiger partial charge in [0.05, 0.1) is 0 Å². The predicted octanol–water partition coefficient (Wildman–Crippen LogP) is 6.50. The summed E-state index contributed by atoms with van der Waals surface area (Å²) in [6, 6.07) is 12.8. The average molecular weight is 600 g/mol. The molecule has 0 fully saturated rings. The van der Waals surface area contributed by atoms with Gasteiger partial charge in [-0.2, -0.15) is 11.8 Å². The summed E-state index contributed by atoms with van der Waals surface area (Å²) in [5, 5.41) is 16.9. The first kappa shape index (κ1) is 35.0. The maximum atomic E-state index is 14.3. The molecule has 3 N–H and O–H groups in total. The highest BCUT2D eigenvalue weighted by Gasteiger charge is 2.37. The minimum Gasteiger partial charge on any atom is -0.507 e. The summed E-state index contributed by atoms with van der Waals surface area (Å²) >= 11 is 1.57. The average Bonchev–Trinajstić information content (AvgIpc) is 2.94. The van der Waals surface area contributed by atoms with E-state index in [1.54, 1.807) is 57.7 Å². The van der Waals surface area contributed by atoms with E-state index in [4.69, 9.17) is 4.74 Å². The molecule has 2 atom stereocenters. The molecule has 0 aromatic heterocycles. The Morgan fingerprint density at radius 1 is 1.00 bits per heavy atom. The number of alkyl carbamates (subject to hydrolysis) is 1. The number of phenols is 1. The SMILES string of the molecule is CCCCCCCN(C(=O)C(CCSC)NC(=O)OC(C)(C)C)C(C(=O)NCc1ccccc1)c1cccc(C)c1O. The lowest BCUT2D eigenvalue weighted by atomic mass is 9.98. The van der Waals surface area contributed by atoms with Gasteiger partial charge in [-0.3, -0.25) is 9.59 Å². The van der Waals surface area contributed by atoms with Gasteiger partial charge in [-0.15, -0.1) is 0 Å². The van der Waals surface area contributed by atoms with Gasteiger partial charge in [-0.25, -0.2) is 4.79 Å². The van der Waals surface area contributed by atoms with Crippen LogP contribution >= 0.6 is 11.8 Å². The molecule has 2 aromatic rings. The van der Waals surface area contributed by atoms with Crippen LogP contribution in [0.5, 0.6) is 5.75 Å². The Morgan fingerprint density at radius 3 is 2.33 bits per heavy atom. The Morgan fingerprint density at radius 2 is 1.69 bits per heavy atom. The van der Waals surface area contributed by atoms with E-state index in [1.165, 1.54) is 4.90 Å². The number of thioether (sulfide) groups is 1. The zero-order valence-electron chi connectivity index (χ0n) is 26.1. The lowest BCUT2D eigenvalue weighted by Gasteiger charge is -2.35. The third-order valence-electron chi connectivity index (χ3n) is 6.82. The van der Waals surface area contributed by atoms with Crippen molar-refractivity contribution in [1.82, 2.24) is 15.5 Å². The monoisotopic (exact) mass is 599 g/mol. The predicted molar refractivity (Wildman–Crippen MR) is 171 cm³/mol. The smallest absolute Gasteiger partial charge is 0.408 e. The number of aromatic hydroxyl groups is 1. The minimum atomic E-state index is -1.09. The number of para-hydroxylation sites is 1. The highest BCUT2D eigenvalue weighted by atomic mass is 32.2. The first-order chi connectivity index (χ1) is 20.0. The molecule has 0 spiro atoms. The largest absolute Gasteiger partial charge is 0.507 e. The van der Waals surface area contributed by atoms with E-state index < -0.39 is 29.7 Å². The van der Waals surface area contributed by atoms with E-state index in [1.807, 2.05) is 36.6 Å². The minimum absolute atomic E-state index is 0.0260. The van der Waals surface area contributed by atoms with Gasteiger partial charge < -0.3 is 25.4 Å². The van der Waals surface area contributed by atoms with Gasteiger partial charge in [0, 0.05) is 18.7 Å². The molecule has 0 bridgehead atoms. The molecular weight excluding hydrogens is 550 g/mol. The fraction of sp³-hybridized carbons (Fsp3) is 0.545. The number of carbonyl (C=O) groups is 3. The molecule has 42 heavy (non-hydrogen) atoms. The summed E-state index contributed by atoms with van der Waals surface area (Å²) in [4.78, 5) is 42.6. The Bertz CT molecular complexity index is 1140. The van der Waals surface area contributed by atoms with Crippen LogP contribution in [0.25, 0.3) is 0 Å². The van der Waals surface area contributed by atoms with Crippen molar-refractivity contribution in [3.63, 3.8) is 0 Å². The number of rotatable bonds is 16. The molecule has 0 aliphatic rings. The second kappa shape index (κ2) is 17.7. The Hall–Kier alpha value is -3.20. The summed E-state index contributed by atoms with van der Waals surface area (Å²) in [6.07, 6.45) is 6.38. The highest BCUT2D eigenvalue weighted by Crippen LogP contribution is 2.33. The molecule has 8 nitrogen and oxygen atoms in total. The number of amides is 3. The van der Waals surface area contributed by atoms with Crippen molar-refractivity contribution < 1.29 is 24.2 Å². The number of carbonyl (C=O) groups excluding carboxylic acids is 3. The van der Waals surface area contributed by atoms with Crippen LogP contribution in [-0.4, -0.2) is 58.1 Å². The third-order valence-corrected chi connectivity index (χ3v) is 7.46. The Balaban J connectivity index is 2.51. The van der Waals surface area contributed by atoms with Gasteiger partial charge in [0.25, 0.3) is 0 Å². The number of hydrogen-bond acceptors (Lipinski definition) is 6. The van der Waals surface area contributed by atoms with Gasteiger partial charge in [-0.05, 0) is 63.7 Å². The number of nitrogens with zero attached hydrogens (tertiary/aromatic N) is 1. The second-order valence-electron chi connectivity index (χ2n) is 11.5. The van der Waals surface area contributed by atoms with Crippen LogP contribution in [0.2, 0.25) is 0 Å². The maximum absolute atomic E-state index is 14.3. The molecule has 0 saturated carbocycles. The van der Waals surface area contributed by atoms with Crippen molar-refractivity contribution in [2.45, 2.75) is 97.4 Å². The first-order valence-corrected chi connectivity index (χ1v) is 16.3. The molecule has 0 aliphatic heterocycles. The number of ether oxygens (including phenoxy) is 1. The van der Waals surface area contributed by atoms with Crippen LogP contribution in [0.4, 0.5) is 4.79 Å². The number of unbranched alkanes of at least 4 members (excludes halogenated alkanes) is 4. The molecule has 0 aliphatic carbocycles. The highest BCUT2D eigenvalue weighted by molar-refractivity contribution is 7.98. The summed E-state index contributed by atoms with van der Waals surface area (Å²) in [5.74, 6) is -0.187. The van der Waals surface area contributed by atoms with Crippen molar-refractivity contribution in [3.05, 3.63) is 65.2 Å². The van der Waals surface area contributed by atoms with Crippen molar-refractivity contribution in [2.24, 2.45) is 0 Å². The molecule has 232 valence electrons. The normalized spacial score (nSPS) is 12.7. The van der Waals surface area contributed by atoms with Gasteiger partial charge in [0.15, 0.2) is 0 Å². The Kier molecular flexibility index (Phi) is 14.7. The fourth-order valence-electron chi connectivity index (χ4n) is 4.63. The van der Waals surface area contributed by atoms with Crippen molar-refractivity contribution >= 4 is 29.7 Å². The summed E-state index contributed by atoms with van der Waals surface area (Å²) in [7, 11) is 0. The van der Waals surface area contributed by atoms with Gasteiger partial charge in [0.1, 0.15) is 23.4 Å². The van der Waals surface area contributed by atoms with E-state index in [9.17, 15) is 19.5 Å². The molecular formula is C33H49N3O5S. The third kappa shape index (κ3) is 11.6. The van der Waals surface area contributed by atoms with E-state index in [2.05, 4.69) is 17.6 Å². The molecule has 2 unspecified atom stereocenters. The molecule has 2 aromatic carbocycles. The van der Waals surface area contributed by atoms with Gasteiger partial charge in [0.2, 0.25) is 11.8 Å². The Labute approximate surface area is 256 Å². The van der Waals surface area contributed by atoms with Crippen LogP contribution in [0.3, 0.4) is 0 Å². The van der Waals surface area contributed by atoms with Crippen molar-refractivity contribution in [2.75, 3.05) is 18.6 Å². The van der Waals surface area contributed by atoms with Crippen molar-refractivity contribution in [1.29, 1.82) is 0 Å². The van der Waals surface area contributed by atoms with E-state index in [0.717, 1.165) is 31.2 Å². The zero-order valence-corrected chi connectivity index (χ0v) is 26.9. The molecule has 9 heteroatoms. The van der Waals surface area contributed by atoms with Gasteiger partial charge >= 0.3 is 6.09 Å². The van der Waals surface area contributed by atoms with E-state index in [-0.39, 0.29) is 18.2 Å². The fourth-order valence-corrected chi connectivity index (χ4v) is 5.10. The van der Waals surface area contributed by atoms with E-state index >= 15 is 0 Å². The number of nitrogens with one attached hydrogen (secondary N) is 2. The zero-order chi connectivity index (χ0) is 31.1. The molecule has 0 saturated heterocycles. The second-order valence-corrected chi connectivity index (χ2v) is 12.5. The first-order valence-electron chi connectivity index (χ1n) is 14.9. The topological polar surface area (TPSA) is 108 Å². The molecule has 0 radical (unpaired) electrons. The van der Waals surface area contributed by atoms with Crippen LogP contribution < -0.4 is 10.6 Å². The lowest BCUT2D eigenvalue weighted by Crippen LogP contribution is -2.53. The summed E-state index contributed by atoms with van der Waals surface area (Å²) in [6.45, 7) is 9.77. The molecule has 3 amide bonds. The standard InChI is InChI=1S/C33H49N3O5S/c1-7-8-9-10-14-21-36(31(39)27(20-22-42-6)35-32(40)41-33(3,4)5)28(26-19-15-16-24(2)29(26)37)30(38)34-23-25-17-12-11-13-18-25/h11-13,15-19,27-28,37H,7-10,14,20-23H2,1-6H3,(H,34,38)(H,35,40). The molecule has 2 rings (SSSR count). The van der Waals surface area contributed by atoms with E-state index in [0.29, 0.717) is 36.3 Å². The summed E-state index contributed by atoms with van der Waals surface area (Å²) < 4.78 is 5.47. The number of phenolic OH excluding ortho intramolecular Hbond substituents is 1. The lowest BCUT2D eigenvalue weighted by molar-refractivity contribution is -0.142. The van der Waals surface area contributed by atoms with Crippen LogP contribution in [-0.2, 0) is 20.9 Å². The van der Waals surface area contributed by atoms with Crippen molar-refractivity contribution in [3.8, 4) is 5.75 Å². The van der Waals surface area contributed by atoms with Gasteiger partial charge in [-0.1, -0.05) is 81.1 Å². The molecule has 0 heterocycles. The number of hydrogen-bond donors (Lipinski definition) is 3. The summed E-state index contributed by atoms with van der Waals surface area (Å²) in [5.41, 5.74) is 1.14. The van der Waals surface area contributed by atoms with Crippen LogP contribution in [0, 0.1) is 6.92 Å². The number of aryl methyl sites for hydroxylation is 1.